The Hall–Kier alpha value is -5.72. The highest BCUT2D eigenvalue weighted by Crippen LogP contribution is 2.46. The van der Waals surface area contributed by atoms with Gasteiger partial charge in [0.25, 0.3) is 11.8 Å². The molecule has 2 aliphatic carbocycles. The first-order valence-electron chi connectivity index (χ1n) is 21.1. The number of fused-ring (bicyclic) bond motifs is 5. The van der Waals surface area contributed by atoms with Crippen molar-refractivity contribution in [3.63, 3.8) is 0 Å². The summed E-state index contributed by atoms with van der Waals surface area (Å²) in [5.41, 5.74) is -1.34. The number of carbonyl (C=O) groups is 4. The molecule has 1 saturated heterocycles. The van der Waals surface area contributed by atoms with Gasteiger partial charge in [0.1, 0.15) is 40.4 Å². The zero-order valence-corrected chi connectivity index (χ0v) is 36.0. The molecule has 0 radical (unpaired) electrons. The topological polar surface area (TPSA) is 199 Å². The van der Waals surface area contributed by atoms with Gasteiger partial charge in [0.05, 0.1) is 17.4 Å². The monoisotopic (exact) mass is 894 g/mol. The average Bonchev–Trinajstić information content (AvgIpc) is 4.11. The maximum Gasteiger partial charge on any atom is 0.416 e. The van der Waals surface area contributed by atoms with Crippen LogP contribution in [0.5, 0.6) is 5.88 Å². The van der Waals surface area contributed by atoms with Crippen LogP contribution in [0.3, 0.4) is 0 Å². The Bertz CT molecular complexity index is 2610. The van der Waals surface area contributed by atoms with Gasteiger partial charge in [0.2, 0.25) is 27.4 Å². The van der Waals surface area contributed by atoms with Gasteiger partial charge in [-0.2, -0.15) is 18.2 Å². The van der Waals surface area contributed by atoms with Crippen molar-refractivity contribution in [2.24, 2.45) is 5.92 Å². The Balaban J connectivity index is 1.16. The summed E-state index contributed by atoms with van der Waals surface area (Å²) in [4.78, 5) is 66.9. The van der Waals surface area contributed by atoms with Crippen molar-refractivity contribution in [1.82, 2.24) is 30.2 Å². The highest BCUT2D eigenvalue weighted by molar-refractivity contribution is 7.91. The Kier molecular flexibility index (Phi) is 11.5. The van der Waals surface area contributed by atoms with Crippen LogP contribution in [0, 0.1) is 12.8 Å². The number of alkyl halides is 3. The van der Waals surface area contributed by atoms with Crippen LogP contribution >= 0.6 is 0 Å². The summed E-state index contributed by atoms with van der Waals surface area (Å²) in [5.74, 6) is -2.81. The number of hydrogen-bond acceptors (Lipinski definition) is 11. The summed E-state index contributed by atoms with van der Waals surface area (Å²) in [6, 6.07) is 7.34. The number of amides is 4. The average molecular weight is 895 g/mol. The summed E-state index contributed by atoms with van der Waals surface area (Å²) in [6.45, 7) is 6.72. The molecule has 4 aromatic rings. The molecule has 8 rings (SSSR count). The molecule has 2 saturated carbocycles. The van der Waals surface area contributed by atoms with E-state index in [9.17, 15) is 40.8 Å². The van der Waals surface area contributed by atoms with E-state index in [2.05, 4.69) is 20.3 Å². The SMILES string of the molecule is Cc1ccc2oc3c(O[C@@H]4C[C@H]5C(=O)N[C@]6(C(=O)NS(=O)(=O)C7CC7)C[C@H]6C=CCCCCC[C@H](NC(=O)OC(C)(C)C)C(=O)N5C4)nc(-c4ccc(C(F)(F)F)cc4)nc3c2c1. The number of nitrogens with zero attached hydrogens (tertiary/aromatic N) is 3. The lowest BCUT2D eigenvalue weighted by Gasteiger charge is -2.30. The standard InChI is InChI=1S/C44H49F3N6O9S/c1-24-12-19-33-30(20-24)34-35(61-33)38(50-36(49-34)25-13-15-26(16-14-25)44(45,46)47)60-28-21-32-37(54)51-43(40(56)52-63(58,59)29-17-18-29)22-27(43)10-8-6-5-7-9-11-31(39(55)53(32)23-28)48-41(57)62-42(2,3)4/h8,10,12-16,19-20,27-29,31-32H,5-7,9,11,17-18,21-23H2,1-4H3,(H,48,57)(H,51,54)(H,52,56)/t27-,28-,31+,32+,43-/m1/s1. The van der Waals surface area contributed by atoms with Gasteiger partial charge in [-0.25, -0.2) is 18.2 Å². The third-order valence-corrected chi connectivity index (χ3v) is 13.5. The van der Waals surface area contributed by atoms with Gasteiger partial charge in [0.15, 0.2) is 5.82 Å². The van der Waals surface area contributed by atoms with E-state index in [4.69, 9.17) is 18.9 Å². The van der Waals surface area contributed by atoms with Gasteiger partial charge >= 0.3 is 12.3 Å². The molecule has 3 fully saturated rings. The van der Waals surface area contributed by atoms with Gasteiger partial charge in [-0.15, -0.1) is 0 Å². The quantitative estimate of drug-likeness (QED) is 0.169. The van der Waals surface area contributed by atoms with Crippen molar-refractivity contribution >= 4 is 55.9 Å². The number of benzene rings is 2. The van der Waals surface area contributed by atoms with Gasteiger partial charge in [-0.05, 0) is 90.5 Å². The van der Waals surface area contributed by atoms with Crippen molar-refractivity contribution in [2.45, 2.75) is 126 Å². The third kappa shape index (κ3) is 9.48. The van der Waals surface area contributed by atoms with Crippen LogP contribution in [0.15, 0.2) is 59.0 Å². The second kappa shape index (κ2) is 16.4. The zero-order chi connectivity index (χ0) is 45.1. The van der Waals surface area contributed by atoms with Crippen LogP contribution in [-0.2, 0) is 35.3 Å². The third-order valence-electron chi connectivity index (χ3n) is 11.7. The molecule has 2 aromatic carbocycles. The number of hydrogen-bond donors (Lipinski definition) is 3. The van der Waals surface area contributed by atoms with E-state index in [0.717, 1.165) is 24.1 Å². The molecular formula is C44H49F3N6O9S. The molecule has 19 heteroatoms. The number of alkyl carbamates (subject to hydrolysis) is 1. The molecule has 2 aromatic heterocycles. The first kappa shape index (κ1) is 43.9. The number of aryl methyl sites for hydroxylation is 1. The number of aromatic nitrogens is 2. The number of rotatable bonds is 7. The van der Waals surface area contributed by atoms with Crippen molar-refractivity contribution < 1.29 is 54.7 Å². The van der Waals surface area contributed by atoms with Crippen LogP contribution in [0.1, 0.15) is 89.7 Å². The Morgan fingerprint density at radius 1 is 1.00 bits per heavy atom. The van der Waals surface area contributed by atoms with Crippen LogP contribution in [0.25, 0.3) is 33.5 Å². The normalized spacial score (nSPS) is 24.8. The molecule has 63 heavy (non-hydrogen) atoms. The maximum absolute atomic E-state index is 14.7. The van der Waals surface area contributed by atoms with E-state index in [0.29, 0.717) is 48.6 Å². The lowest BCUT2D eigenvalue weighted by Crippen LogP contribution is -2.58. The molecule has 336 valence electrons. The predicted molar refractivity (Wildman–Crippen MR) is 223 cm³/mol. The molecule has 0 unspecified atom stereocenters. The minimum absolute atomic E-state index is 0.0284. The minimum atomic E-state index is -4.57. The number of ether oxygens (including phenoxy) is 2. The molecule has 4 amide bonds. The first-order valence-corrected chi connectivity index (χ1v) is 22.7. The number of allylic oxidation sites excluding steroid dienone is 1. The lowest BCUT2D eigenvalue weighted by molar-refractivity contribution is -0.141. The Morgan fingerprint density at radius 3 is 2.44 bits per heavy atom. The van der Waals surface area contributed by atoms with Gasteiger partial charge in [-0.1, -0.05) is 48.8 Å². The van der Waals surface area contributed by atoms with E-state index in [-0.39, 0.29) is 48.7 Å². The van der Waals surface area contributed by atoms with Gasteiger partial charge in [-0.3, -0.25) is 19.1 Å². The number of sulfonamides is 1. The summed E-state index contributed by atoms with van der Waals surface area (Å²) in [5, 5.41) is 5.43. The van der Waals surface area contributed by atoms with Crippen LogP contribution in [0.4, 0.5) is 18.0 Å². The fourth-order valence-corrected chi connectivity index (χ4v) is 9.57. The van der Waals surface area contributed by atoms with Crippen LogP contribution in [-0.4, -0.2) is 88.2 Å². The molecular weight excluding hydrogens is 846 g/mol. The Labute approximate surface area is 361 Å². The zero-order valence-electron chi connectivity index (χ0n) is 35.2. The molecule has 0 spiro atoms. The smallest absolute Gasteiger partial charge is 0.416 e. The van der Waals surface area contributed by atoms with Gasteiger partial charge < -0.3 is 29.4 Å². The van der Waals surface area contributed by atoms with Crippen molar-refractivity contribution in [1.29, 1.82) is 0 Å². The highest BCUT2D eigenvalue weighted by Gasteiger charge is 2.62. The fourth-order valence-electron chi connectivity index (χ4n) is 8.20. The molecule has 4 heterocycles. The predicted octanol–water partition coefficient (Wildman–Crippen LogP) is 6.62. The highest BCUT2D eigenvalue weighted by atomic mass is 32.2. The summed E-state index contributed by atoms with van der Waals surface area (Å²) in [7, 11) is -3.98. The number of carbonyl (C=O) groups excluding carboxylic acids is 4. The number of furan rings is 1. The van der Waals surface area contributed by atoms with Crippen molar-refractivity contribution in [2.75, 3.05) is 6.54 Å². The second-order valence-electron chi connectivity index (χ2n) is 17.9. The number of nitrogens with one attached hydrogen (secondary N) is 3. The van der Waals surface area contributed by atoms with Crippen LogP contribution in [0.2, 0.25) is 0 Å². The van der Waals surface area contributed by atoms with Gasteiger partial charge in [0, 0.05) is 23.3 Å². The summed E-state index contributed by atoms with van der Waals surface area (Å²) >= 11 is 0. The summed E-state index contributed by atoms with van der Waals surface area (Å²) in [6.07, 6.45) is 0.964. The molecule has 15 nitrogen and oxygen atoms in total. The van der Waals surface area contributed by atoms with E-state index < -0.39 is 86.1 Å². The molecule has 3 N–H and O–H groups in total. The number of halogens is 3. The lowest BCUT2D eigenvalue weighted by atomic mass is 10.0. The molecule has 5 atom stereocenters. The summed E-state index contributed by atoms with van der Waals surface area (Å²) < 4.78 is 86.8. The molecule has 4 aliphatic rings. The van der Waals surface area contributed by atoms with E-state index in [1.165, 1.54) is 17.0 Å². The van der Waals surface area contributed by atoms with Crippen molar-refractivity contribution in [3.05, 3.63) is 65.7 Å². The maximum atomic E-state index is 14.7. The second-order valence-corrected chi connectivity index (χ2v) is 19.9. The fraction of sp³-hybridized carbons (Fsp3) is 0.500. The minimum Gasteiger partial charge on any atom is -0.470 e. The largest absolute Gasteiger partial charge is 0.470 e. The Morgan fingerprint density at radius 2 is 1.75 bits per heavy atom. The van der Waals surface area contributed by atoms with E-state index in [1.54, 1.807) is 26.8 Å². The van der Waals surface area contributed by atoms with Crippen LogP contribution < -0.4 is 20.1 Å². The van der Waals surface area contributed by atoms with Crippen molar-refractivity contribution in [3.8, 4) is 17.3 Å². The first-order chi connectivity index (χ1) is 29.7. The molecule has 2 aliphatic heterocycles. The molecule has 0 bridgehead atoms. The van der Waals surface area contributed by atoms with E-state index in [1.807, 2.05) is 31.2 Å². The van der Waals surface area contributed by atoms with E-state index >= 15 is 0 Å².